The molecular formula is C23H32O5S. The fourth-order valence-corrected chi connectivity index (χ4v) is 3.92. The number of aliphatic hydroxyl groups is 1. The van der Waals surface area contributed by atoms with Gasteiger partial charge in [0.2, 0.25) is 0 Å². The first-order valence-corrected chi connectivity index (χ1v) is 11.6. The van der Waals surface area contributed by atoms with Crippen LogP contribution in [-0.4, -0.2) is 33.3 Å². The van der Waals surface area contributed by atoms with Gasteiger partial charge in [-0.1, -0.05) is 67.3 Å². The molecule has 0 aromatic heterocycles. The van der Waals surface area contributed by atoms with E-state index in [-0.39, 0.29) is 24.0 Å². The maximum atomic E-state index is 12.2. The highest BCUT2D eigenvalue weighted by atomic mass is 32.2. The van der Waals surface area contributed by atoms with Gasteiger partial charge in [0.25, 0.3) is 10.1 Å². The van der Waals surface area contributed by atoms with Crippen molar-refractivity contribution in [2.45, 2.75) is 50.5 Å². The quantitative estimate of drug-likeness (QED) is 0.360. The zero-order valence-electron chi connectivity index (χ0n) is 17.1. The highest BCUT2D eigenvalue weighted by Gasteiger charge is 2.18. The molecule has 0 aliphatic rings. The SMILES string of the molecule is Cc1ccc(S(=O)(=O)OCC(CO)CCCCCCOCc2ccccc2)cc1. The molecule has 0 radical (unpaired) electrons. The first-order chi connectivity index (χ1) is 14.0. The minimum Gasteiger partial charge on any atom is -0.396 e. The minimum absolute atomic E-state index is 0.00684. The third kappa shape index (κ3) is 9.09. The lowest BCUT2D eigenvalue weighted by Crippen LogP contribution is -2.18. The zero-order chi connectivity index (χ0) is 21.0. The number of rotatable bonds is 14. The number of ether oxygens (including phenoxy) is 1. The summed E-state index contributed by atoms with van der Waals surface area (Å²) in [6, 6.07) is 16.7. The van der Waals surface area contributed by atoms with Gasteiger partial charge in [0, 0.05) is 19.1 Å². The van der Waals surface area contributed by atoms with Crippen molar-refractivity contribution in [2.75, 3.05) is 19.8 Å². The van der Waals surface area contributed by atoms with Gasteiger partial charge in [-0.15, -0.1) is 0 Å². The van der Waals surface area contributed by atoms with E-state index in [1.165, 1.54) is 5.56 Å². The standard InChI is InChI=1S/C23H32O5S/c1-20-12-14-23(15-13-20)29(25,26)28-19-22(17-24)11-5-2-3-8-16-27-18-21-9-6-4-7-10-21/h4,6-7,9-10,12-15,22,24H,2-3,5,8,11,16-19H2,1H3. The molecule has 0 saturated carbocycles. The number of aliphatic hydroxyl groups excluding tert-OH is 1. The molecule has 1 unspecified atom stereocenters. The average molecular weight is 421 g/mol. The summed E-state index contributed by atoms with van der Waals surface area (Å²) in [5, 5.41) is 9.52. The molecule has 29 heavy (non-hydrogen) atoms. The largest absolute Gasteiger partial charge is 0.396 e. The van der Waals surface area contributed by atoms with Crippen LogP contribution < -0.4 is 0 Å². The van der Waals surface area contributed by atoms with Gasteiger partial charge < -0.3 is 9.84 Å². The maximum Gasteiger partial charge on any atom is 0.296 e. The van der Waals surface area contributed by atoms with Crippen LogP contribution in [0.25, 0.3) is 0 Å². The Balaban J connectivity index is 1.57. The van der Waals surface area contributed by atoms with Gasteiger partial charge in [-0.3, -0.25) is 4.18 Å². The van der Waals surface area contributed by atoms with E-state index in [1.807, 2.05) is 25.1 Å². The smallest absolute Gasteiger partial charge is 0.296 e. The van der Waals surface area contributed by atoms with Crippen LogP contribution in [0.1, 0.15) is 43.2 Å². The number of hydrogen-bond donors (Lipinski definition) is 1. The second-order valence-corrected chi connectivity index (χ2v) is 8.96. The molecule has 2 rings (SSSR count). The van der Waals surface area contributed by atoms with Gasteiger partial charge in [-0.2, -0.15) is 8.42 Å². The molecule has 1 N–H and O–H groups in total. The first kappa shape index (κ1) is 23.5. The number of aryl methyl sites for hydroxylation is 1. The summed E-state index contributed by atoms with van der Waals surface area (Å²) in [5.41, 5.74) is 2.17. The zero-order valence-corrected chi connectivity index (χ0v) is 17.9. The van der Waals surface area contributed by atoms with Crippen LogP contribution >= 0.6 is 0 Å². The molecule has 0 fully saturated rings. The van der Waals surface area contributed by atoms with Gasteiger partial charge >= 0.3 is 0 Å². The number of benzene rings is 2. The third-order valence-corrected chi connectivity index (χ3v) is 6.09. The molecule has 0 spiro atoms. The Labute approximate surface area is 174 Å². The molecule has 5 nitrogen and oxygen atoms in total. The Morgan fingerprint density at radius 1 is 0.931 bits per heavy atom. The van der Waals surface area contributed by atoms with E-state index in [0.29, 0.717) is 6.61 Å². The van der Waals surface area contributed by atoms with Crippen molar-refractivity contribution in [3.05, 3.63) is 65.7 Å². The lowest BCUT2D eigenvalue weighted by molar-refractivity contribution is 0.116. The Kier molecular flexibility index (Phi) is 10.4. The van der Waals surface area contributed by atoms with E-state index >= 15 is 0 Å². The predicted molar refractivity (Wildman–Crippen MR) is 114 cm³/mol. The van der Waals surface area contributed by atoms with E-state index in [9.17, 15) is 13.5 Å². The monoisotopic (exact) mass is 420 g/mol. The fraction of sp³-hybridized carbons (Fsp3) is 0.478. The van der Waals surface area contributed by atoms with Crippen molar-refractivity contribution in [3.63, 3.8) is 0 Å². The van der Waals surface area contributed by atoms with Crippen LogP contribution in [0, 0.1) is 12.8 Å². The average Bonchev–Trinajstić information content (AvgIpc) is 2.73. The summed E-state index contributed by atoms with van der Waals surface area (Å²) in [4.78, 5) is 0.148. The van der Waals surface area contributed by atoms with Crippen molar-refractivity contribution in [1.29, 1.82) is 0 Å². The van der Waals surface area contributed by atoms with Gasteiger partial charge in [0.1, 0.15) is 0 Å². The number of unbranched alkanes of at least 4 members (excludes halogenated alkanes) is 3. The van der Waals surface area contributed by atoms with Gasteiger partial charge in [-0.05, 0) is 37.5 Å². The van der Waals surface area contributed by atoms with Crippen LogP contribution in [0.4, 0.5) is 0 Å². The molecule has 160 valence electrons. The predicted octanol–water partition coefficient (Wildman–Crippen LogP) is 4.48. The Hall–Kier alpha value is -1.73. The summed E-state index contributed by atoms with van der Waals surface area (Å²) < 4.78 is 35.3. The molecule has 0 amide bonds. The van der Waals surface area contributed by atoms with Crippen LogP contribution in [0.3, 0.4) is 0 Å². The normalized spacial score (nSPS) is 12.8. The Morgan fingerprint density at radius 3 is 2.31 bits per heavy atom. The van der Waals surface area contributed by atoms with Crippen molar-refractivity contribution in [2.24, 2.45) is 5.92 Å². The topological polar surface area (TPSA) is 72.8 Å². The molecule has 2 aromatic rings. The Bertz CT molecular complexity index is 788. The van der Waals surface area contributed by atoms with E-state index in [0.717, 1.165) is 44.3 Å². The van der Waals surface area contributed by atoms with E-state index < -0.39 is 10.1 Å². The molecule has 1 atom stereocenters. The molecule has 6 heteroatoms. The van der Waals surface area contributed by atoms with Gasteiger partial charge in [0.15, 0.2) is 0 Å². The summed E-state index contributed by atoms with van der Waals surface area (Å²) in [7, 11) is -3.78. The molecule has 2 aromatic carbocycles. The third-order valence-electron chi connectivity index (χ3n) is 4.79. The summed E-state index contributed by atoms with van der Waals surface area (Å²) in [6.45, 7) is 3.20. The van der Waals surface area contributed by atoms with Crippen LogP contribution in [0.15, 0.2) is 59.5 Å². The maximum absolute atomic E-state index is 12.2. The second-order valence-electron chi connectivity index (χ2n) is 7.34. The van der Waals surface area contributed by atoms with Gasteiger partial charge in [-0.25, -0.2) is 0 Å². The Morgan fingerprint density at radius 2 is 1.62 bits per heavy atom. The minimum atomic E-state index is -3.78. The molecule has 0 heterocycles. The summed E-state index contributed by atoms with van der Waals surface area (Å²) >= 11 is 0. The van der Waals surface area contributed by atoms with Crippen LogP contribution in [0.2, 0.25) is 0 Å². The highest BCUT2D eigenvalue weighted by molar-refractivity contribution is 7.86. The van der Waals surface area contributed by atoms with Crippen molar-refractivity contribution < 1.29 is 22.4 Å². The molecule has 0 saturated heterocycles. The van der Waals surface area contributed by atoms with Crippen molar-refractivity contribution in [3.8, 4) is 0 Å². The molecule has 0 bridgehead atoms. The lowest BCUT2D eigenvalue weighted by atomic mass is 10.0. The van der Waals surface area contributed by atoms with E-state index in [1.54, 1.807) is 24.3 Å². The first-order valence-electron chi connectivity index (χ1n) is 10.2. The van der Waals surface area contributed by atoms with Crippen LogP contribution in [0.5, 0.6) is 0 Å². The molecule has 0 aliphatic carbocycles. The van der Waals surface area contributed by atoms with Crippen molar-refractivity contribution in [1.82, 2.24) is 0 Å². The highest BCUT2D eigenvalue weighted by Crippen LogP contribution is 2.17. The second kappa shape index (κ2) is 12.8. The fourth-order valence-electron chi connectivity index (χ4n) is 2.94. The van der Waals surface area contributed by atoms with Gasteiger partial charge in [0.05, 0.1) is 18.1 Å². The van der Waals surface area contributed by atoms with Crippen LogP contribution in [-0.2, 0) is 25.6 Å². The van der Waals surface area contributed by atoms with E-state index in [2.05, 4.69) is 12.1 Å². The summed E-state index contributed by atoms with van der Waals surface area (Å²) in [5.74, 6) is -0.176. The molecule has 0 aliphatic heterocycles. The van der Waals surface area contributed by atoms with Crippen molar-refractivity contribution >= 4 is 10.1 Å². The number of hydrogen-bond acceptors (Lipinski definition) is 5. The molecular weight excluding hydrogens is 388 g/mol. The lowest BCUT2D eigenvalue weighted by Gasteiger charge is -2.14. The summed E-state index contributed by atoms with van der Waals surface area (Å²) in [6.07, 6.45) is 4.74. The van der Waals surface area contributed by atoms with E-state index in [4.69, 9.17) is 8.92 Å².